The molecule has 1 aromatic heterocycles. The molecular weight excluding hydrogens is 240 g/mol. The quantitative estimate of drug-likeness (QED) is 0.878. The van der Waals surface area contributed by atoms with Crippen LogP contribution in [0.2, 0.25) is 0 Å². The Kier molecular flexibility index (Phi) is 3.73. The first-order valence-corrected chi connectivity index (χ1v) is 8.15. The highest BCUT2D eigenvalue weighted by molar-refractivity contribution is 7.10. The molecule has 1 aromatic rings. The fourth-order valence-electron chi connectivity index (χ4n) is 3.15. The van der Waals surface area contributed by atoms with Crippen molar-refractivity contribution < 1.29 is 0 Å². The summed E-state index contributed by atoms with van der Waals surface area (Å²) in [7, 11) is 0. The zero-order valence-electron chi connectivity index (χ0n) is 11.4. The van der Waals surface area contributed by atoms with Crippen molar-refractivity contribution in [3.63, 3.8) is 0 Å². The van der Waals surface area contributed by atoms with Crippen molar-refractivity contribution >= 4 is 11.3 Å². The van der Waals surface area contributed by atoms with Crippen molar-refractivity contribution in [1.82, 2.24) is 10.2 Å². The molecule has 2 nitrogen and oxygen atoms in total. The van der Waals surface area contributed by atoms with Gasteiger partial charge in [-0.25, -0.2) is 0 Å². The van der Waals surface area contributed by atoms with E-state index in [4.69, 9.17) is 0 Å². The molecule has 0 radical (unpaired) electrons. The van der Waals surface area contributed by atoms with Crippen LogP contribution in [0.25, 0.3) is 0 Å². The van der Waals surface area contributed by atoms with Gasteiger partial charge in [0.25, 0.3) is 0 Å². The second kappa shape index (κ2) is 5.32. The lowest BCUT2D eigenvalue weighted by atomic mass is 10.0. The van der Waals surface area contributed by atoms with E-state index < -0.39 is 0 Å². The third-order valence-corrected chi connectivity index (χ3v) is 5.07. The molecule has 0 bridgehead atoms. The molecule has 18 heavy (non-hydrogen) atoms. The largest absolute Gasteiger partial charge is 0.310 e. The van der Waals surface area contributed by atoms with Gasteiger partial charge in [-0.05, 0) is 36.6 Å². The Labute approximate surface area is 114 Å². The number of hydrogen-bond acceptors (Lipinski definition) is 3. The molecule has 2 aliphatic rings. The Morgan fingerprint density at radius 3 is 2.72 bits per heavy atom. The minimum Gasteiger partial charge on any atom is -0.310 e. The molecule has 100 valence electrons. The molecule has 1 N–H and O–H groups in total. The van der Waals surface area contributed by atoms with Gasteiger partial charge < -0.3 is 5.32 Å². The number of rotatable bonds is 5. The van der Waals surface area contributed by atoms with Crippen LogP contribution in [-0.4, -0.2) is 30.1 Å². The third-order valence-electron chi connectivity index (χ3n) is 4.13. The van der Waals surface area contributed by atoms with Gasteiger partial charge in [-0.1, -0.05) is 19.9 Å². The summed E-state index contributed by atoms with van der Waals surface area (Å²) in [6, 6.07) is 6.69. The topological polar surface area (TPSA) is 15.3 Å². The maximum atomic E-state index is 3.78. The highest BCUT2D eigenvalue weighted by atomic mass is 32.1. The molecule has 1 saturated heterocycles. The number of nitrogens with one attached hydrogen (secondary N) is 1. The van der Waals surface area contributed by atoms with Crippen molar-refractivity contribution in [1.29, 1.82) is 0 Å². The van der Waals surface area contributed by atoms with Crippen molar-refractivity contribution in [2.45, 2.75) is 51.2 Å². The summed E-state index contributed by atoms with van der Waals surface area (Å²) in [4.78, 5) is 4.23. The lowest BCUT2D eigenvalue weighted by molar-refractivity contribution is 0.192. The van der Waals surface area contributed by atoms with Gasteiger partial charge in [-0.3, -0.25) is 4.90 Å². The molecule has 1 saturated carbocycles. The number of nitrogens with zero attached hydrogens (tertiary/aromatic N) is 1. The van der Waals surface area contributed by atoms with Crippen LogP contribution in [0.4, 0.5) is 0 Å². The standard InChI is InChI=1S/C15H24N2S/c1-11(2)15(14-4-3-9-18-14)17-8-7-13(10-17)16-12-5-6-12/h3-4,9,11-13,15-16H,5-8,10H2,1-2H3. The minimum absolute atomic E-state index is 0.621. The molecule has 1 aliphatic heterocycles. The van der Waals surface area contributed by atoms with Gasteiger partial charge in [0, 0.05) is 36.1 Å². The van der Waals surface area contributed by atoms with Gasteiger partial charge in [0.1, 0.15) is 0 Å². The molecule has 2 fully saturated rings. The first kappa shape index (κ1) is 12.6. The smallest absolute Gasteiger partial charge is 0.0465 e. The number of thiophene rings is 1. The Morgan fingerprint density at radius 1 is 1.28 bits per heavy atom. The van der Waals surface area contributed by atoms with Crippen molar-refractivity contribution in [3.05, 3.63) is 22.4 Å². The second-order valence-corrected chi connectivity index (χ2v) is 7.11. The average molecular weight is 264 g/mol. The molecule has 1 aliphatic carbocycles. The Morgan fingerprint density at radius 2 is 2.11 bits per heavy atom. The van der Waals surface area contributed by atoms with Crippen molar-refractivity contribution in [2.75, 3.05) is 13.1 Å². The lowest BCUT2D eigenvalue weighted by Crippen LogP contribution is -2.36. The first-order valence-electron chi connectivity index (χ1n) is 7.27. The summed E-state index contributed by atoms with van der Waals surface area (Å²) in [5, 5.41) is 5.99. The average Bonchev–Trinajstić information content (AvgIpc) is 2.80. The third kappa shape index (κ3) is 2.79. The van der Waals surface area contributed by atoms with E-state index in [-0.39, 0.29) is 0 Å². The van der Waals surface area contributed by atoms with Crippen molar-refractivity contribution in [2.24, 2.45) is 5.92 Å². The molecule has 2 unspecified atom stereocenters. The van der Waals surface area contributed by atoms with Crippen LogP contribution in [0.15, 0.2) is 17.5 Å². The Bertz CT molecular complexity index is 370. The van der Waals surface area contributed by atoms with Crippen LogP contribution in [-0.2, 0) is 0 Å². The van der Waals surface area contributed by atoms with Crippen molar-refractivity contribution in [3.8, 4) is 0 Å². The van der Waals surface area contributed by atoms with E-state index in [1.165, 1.54) is 37.2 Å². The first-order chi connectivity index (χ1) is 8.74. The highest BCUT2D eigenvalue weighted by Crippen LogP contribution is 2.34. The molecule has 2 atom stereocenters. The van der Waals surface area contributed by atoms with Crippen LogP contribution < -0.4 is 5.32 Å². The summed E-state index contributed by atoms with van der Waals surface area (Å²) in [6.45, 7) is 7.19. The molecule has 3 heteroatoms. The van der Waals surface area contributed by atoms with Crippen LogP contribution in [0.5, 0.6) is 0 Å². The zero-order valence-corrected chi connectivity index (χ0v) is 12.2. The van der Waals surface area contributed by atoms with E-state index in [1.54, 1.807) is 0 Å². The summed E-state index contributed by atoms with van der Waals surface area (Å²) >= 11 is 1.91. The summed E-state index contributed by atoms with van der Waals surface area (Å²) in [5.74, 6) is 0.698. The predicted molar refractivity (Wildman–Crippen MR) is 78.0 cm³/mol. The molecule has 3 rings (SSSR count). The van der Waals surface area contributed by atoms with E-state index >= 15 is 0 Å². The normalized spacial score (nSPS) is 26.9. The SMILES string of the molecule is CC(C)C(c1cccs1)N1CCC(NC2CC2)C1. The van der Waals surface area contributed by atoms with E-state index in [0.29, 0.717) is 12.0 Å². The van der Waals surface area contributed by atoms with E-state index in [1.807, 2.05) is 11.3 Å². The fourth-order valence-corrected chi connectivity index (χ4v) is 4.18. The summed E-state index contributed by atoms with van der Waals surface area (Å²) in [5.41, 5.74) is 0. The molecule has 0 amide bonds. The van der Waals surface area contributed by atoms with E-state index in [2.05, 4.69) is 41.6 Å². The Balaban J connectivity index is 1.64. The van der Waals surface area contributed by atoms with Crippen LogP contribution in [0.1, 0.15) is 44.0 Å². The fraction of sp³-hybridized carbons (Fsp3) is 0.733. The highest BCUT2D eigenvalue weighted by Gasteiger charge is 2.33. The molecule has 0 aromatic carbocycles. The summed E-state index contributed by atoms with van der Waals surface area (Å²) in [6.07, 6.45) is 4.12. The molecular formula is C15H24N2S. The maximum absolute atomic E-state index is 3.78. The predicted octanol–water partition coefficient (Wildman–Crippen LogP) is 3.27. The van der Waals surface area contributed by atoms with Gasteiger partial charge in [0.2, 0.25) is 0 Å². The number of likely N-dealkylation sites (tertiary alicyclic amines) is 1. The zero-order chi connectivity index (χ0) is 12.5. The van der Waals surface area contributed by atoms with Gasteiger partial charge in [-0.15, -0.1) is 11.3 Å². The maximum Gasteiger partial charge on any atom is 0.0465 e. The molecule has 0 spiro atoms. The van der Waals surface area contributed by atoms with Crippen LogP contribution >= 0.6 is 11.3 Å². The Hall–Kier alpha value is -0.380. The van der Waals surface area contributed by atoms with Gasteiger partial charge in [0.05, 0.1) is 0 Å². The minimum atomic E-state index is 0.621. The summed E-state index contributed by atoms with van der Waals surface area (Å²) < 4.78 is 0. The van der Waals surface area contributed by atoms with Gasteiger partial charge in [-0.2, -0.15) is 0 Å². The number of hydrogen-bond donors (Lipinski definition) is 1. The molecule has 2 heterocycles. The van der Waals surface area contributed by atoms with Gasteiger partial charge in [0.15, 0.2) is 0 Å². The van der Waals surface area contributed by atoms with Crippen LogP contribution in [0.3, 0.4) is 0 Å². The monoisotopic (exact) mass is 264 g/mol. The van der Waals surface area contributed by atoms with E-state index in [0.717, 1.165) is 12.1 Å². The van der Waals surface area contributed by atoms with Crippen LogP contribution in [0, 0.1) is 5.92 Å². The second-order valence-electron chi connectivity index (χ2n) is 6.13. The van der Waals surface area contributed by atoms with E-state index in [9.17, 15) is 0 Å². The lowest BCUT2D eigenvalue weighted by Gasteiger charge is -2.30. The van der Waals surface area contributed by atoms with Gasteiger partial charge >= 0.3 is 0 Å².